The predicted octanol–water partition coefficient (Wildman–Crippen LogP) is 1.61. The smallest absolute Gasteiger partial charge is 0.305 e. The summed E-state index contributed by atoms with van der Waals surface area (Å²) in [6.07, 6.45) is 0.746. The van der Waals surface area contributed by atoms with Crippen LogP contribution in [0.4, 0.5) is 0 Å². The van der Waals surface area contributed by atoms with E-state index in [1.54, 1.807) is 0 Å². The third-order valence-electron chi connectivity index (χ3n) is 3.97. The molecule has 4 N–H and O–H groups in total. The van der Waals surface area contributed by atoms with Crippen molar-refractivity contribution in [2.75, 3.05) is 0 Å². The third-order valence-corrected chi connectivity index (χ3v) is 3.97. The molecule has 0 aromatic carbocycles. The molecule has 19 heavy (non-hydrogen) atoms. The van der Waals surface area contributed by atoms with Gasteiger partial charge in [-0.25, -0.2) is 0 Å². The molecule has 0 aromatic heterocycles. The van der Waals surface area contributed by atoms with Gasteiger partial charge in [-0.3, -0.25) is 9.59 Å². The number of hydrogen-bond donors (Lipinski definition) is 3. The zero-order chi connectivity index (χ0) is 15.2. The van der Waals surface area contributed by atoms with Gasteiger partial charge in [0.05, 0.1) is 12.5 Å². The number of nitrogens with one attached hydrogen (secondary N) is 1. The Kier molecular flexibility index (Phi) is 7.68. The molecule has 0 rings (SSSR count). The topological polar surface area (TPSA) is 92.4 Å². The third kappa shape index (κ3) is 6.05. The lowest BCUT2D eigenvalue weighted by atomic mass is 9.88. The van der Waals surface area contributed by atoms with Gasteiger partial charge < -0.3 is 16.2 Å². The maximum Gasteiger partial charge on any atom is 0.305 e. The molecule has 0 aliphatic heterocycles. The van der Waals surface area contributed by atoms with Crippen molar-refractivity contribution in [2.24, 2.45) is 23.5 Å². The van der Waals surface area contributed by atoms with Crippen molar-refractivity contribution in [3.05, 3.63) is 0 Å². The summed E-state index contributed by atoms with van der Waals surface area (Å²) >= 11 is 0. The van der Waals surface area contributed by atoms with E-state index in [0.29, 0.717) is 5.92 Å². The highest BCUT2D eigenvalue weighted by atomic mass is 16.4. The van der Waals surface area contributed by atoms with Gasteiger partial charge in [0.2, 0.25) is 5.91 Å². The van der Waals surface area contributed by atoms with Gasteiger partial charge in [-0.05, 0) is 17.8 Å². The Hall–Kier alpha value is -1.10. The molecule has 4 unspecified atom stereocenters. The van der Waals surface area contributed by atoms with E-state index in [1.807, 2.05) is 34.6 Å². The van der Waals surface area contributed by atoms with Crippen LogP contribution in [0.2, 0.25) is 0 Å². The predicted molar refractivity (Wildman–Crippen MR) is 75.6 cm³/mol. The molecule has 1 amide bonds. The first-order valence-corrected chi connectivity index (χ1v) is 6.98. The number of hydrogen-bond acceptors (Lipinski definition) is 3. The Morgan fingerprint density at radius 1 is 1.21 bits per heavy atom. The van der Waals surface area contributed by atoms with Crippen LogP contribution in [0.1, 0.15) is 47.5 Å². The Balaban J connectivity index is 4.72. The summed E-state index contributed by atoms with van der Waals surface area (Å²) in [5.41, 5.74) is 5.87. The molecule has 112 valence electrons. The number of nitrogens with two attached hydrogens (primary N) is 1. The molecule has 0 fully saturated rings. The summed E-state index contributed by atoms with van der Waals surface area (Å²) < 4.78 is 0. The summed E-state index contributed by atoms with van der Waals surface area (Å²) in [7, 11) is 0. The van der Waals surface area contributed by atoms with Crippen LogP contribution in [0.25, 0.3) is 0 Å². The highest BCUT2D eigenvalue weighted by Gasteiger charge is 2.27. The van der Waals surface area contributed by atoms with Gasteiger partial charge >= 0.3 is 5.97 Å². The van der Waals surface area contributed by atoms with E-state index in [1.165, 1.54) is 0 Å². The zero-order valence-electron chi connectivity index (χ0n) is 12.6. The fraction of sp³-hybridized carbons (Fsp3) is 0.857. The van der Waals surface area contributed by atoms with E-state index in [9.17, 15) is 9.59 Å². The molecule has 4 atom stereocenters. The molecule has 0 saturated heterocycles. The standard InChI is InChI=1S/C14H28N2O3/c1-6-9(4)13(15)14(19)16-11(7-12(17)18)10(5)8(2)3/h8-11,13H,6-7,15H2,1-5H3,(H,16,19)(H,17,18). The van der Waals surface area contributed by atoms with Crippen LogP contribution in [0.5, 0.6) is 0 Å². The fourth-order valence-electron chi connectivity index (χ4n) is 1.81. The van der Waals surface area contributed by atoms with Crippen molar-refractivity contribution in [2.45, 2.75) is 59.5 Å². The summed E-state index contributed by atoms with van der Waals surface area (Å²) in [6, 6.07) is -0.958. The highest BCUT2D eigenvalue weighted by Crippen LogP contribution is 2.18. The van der Waals surface area contributed by atoms with Crippen molar-refractivity contribution in [1.82, 2.24) is 5.32 Å². The molecule has 0 bridgehead atoms. The molecule has 5 nitrogen and oxygen atoms in total. The summed E-state index contributed by atoms with van der Waals surface area (Å²) in [5, 5.41) is 11.7. The number of carbonyl (C=O) groups excluding carboxylic acids is 1. The minimum absolute atomic E-state index is 0.0711. The molecule has 0 heterocycles. The Morgan fingerprint density at radius 3 is 2.11 bits per heavy atom. The molecular formula is C14H28N2O3. The Morgan fingerprint density at radius 2 is 1.74 bits per heavy atom. The fourth-order valence-corrected chi connectivity index (χ4v) is 1.81. The molecule has 0 radical (unpaired) electrons. The normalized spacial score (nSPS) is 17.6. The first-order chi connectivity index (χ1) is 8.70. The van der Waals surface area contributed by atoms with E-state index in [2.05, 4.69) is 5.32 Å². The number of rotatable bonds is 8. The second kappa shape index (κ2) is 8.15. The largest absolute Gasteiger partial charge is 0.481 e. The van der Waals surface area contributed by atoms with Gasteiger partial charge in [-0.1, -0.05) is 41.0 Å². The minimum Gasteiger partial charge on any atom is -0.481 e. The molecule has 5 heteroatoms. The van der Waals surface area contributed by atoms with Crippen LogP contribution in [0.15, 0.2) is 0 Å². The average Bonchev–Trinajstić information content (AvgIpc) is 2.34. The SMILES string of the molecule is CCC(C)C(N)C(=O)NC(CC(=O)O)C(C)C(C)C. The lowest BCUT2D eigenvalue weighted by Crippen LogP contribution is -2.51. The van der Waals surface area contributed by atoms with Crippen molar-refractivity contribution >= 4 is 11.9 Å². The quantitative estimate of drug-likeness (QED) is 0.626. The van der Waals surface area contributed by atoms with Crippen LogP contribution >= 0.6 is 0 Å². The lowest BCUT2D eigenvalue weighted by molar-refractivity contribution is -0.138. The lowest BCUT2D eigenvalue weighted by Gasteiger charge is -2.29. The first-order valence-electron chi connectivity index (χ1n) is 6.98. The second-order valence-corrected chi connectivity index (χ2v) is 5.73. The van der Waals surface area contributed by atoms with Crippen molar-refractivity contribution in [1.29, 1.82) is 0 Å². The van der Waals surface area contributed by atoms with Gasteiger partial charge in [0.25, 0.3) is 0 Å². The molecule has 0 saturated carbocycles. The van der Waals surface area contributed by atoms with Crippen molar-refractivity contribution < 1.29 is 14.7 Å². The molecular weight excluding hydrogens is 244 g/mol. The van der Waals surface area contributed by atoms with Crippen molar-refractivity contribution in [3.8, 4) is 0 Å². The number of amides is 1. The molecule has 0 spiro atoms. The number of aliphatic carboxylic acids is 1. The molecule has 0 aromatic rings. The summed E-state index contributed by atoms with van der Waals surface area (Å²) in [6.45, 7) is 9.87. The van der Waals surface area contributed by atoms with Gasteiger partial charge in [0.1, 0.15) is 0 Å². The molecule has 0 aliphatic carbocycles. The average molecular weight is 272 g/mol. The maximum atomic E-state index is 12.0. The summed E-state index contributed by atoms with van der Waals surface area (Å²) in [5.74, 6) is -0.698. The highest BCUT2D eigenvalue weighted by molar-refractivity contribution is 5.82. The van der Waals surface area contributed by atoms with Gasteiger partial charge in [-0.15, -0.1) is 0 Å². The van der Waals surface area contributed by atoms with Gasteiger partial charge in [0, 0.05) is 6.04 Å². The minimum atomic E-state index is -0.907. The Bertz CT molecular complexity index is 305. The van der Waals surface area contributed by atoms with Crippen LogP contribution < -0.4 is 11.1 Å². The van der Waals surface area contributed by atoms with E-state index in [4.69, 9.17) is 10.8 Å². The van der Waals surface area contributed by atoms with Gasteiger partial charge in [0.15, 0.2) is 0 Å². The number of carboxylic acid groups (broad SMARTS) is 1. The van der Waals surface area contributed by atoms with Crippen LogP contribution in [-0.2, 0) is 9.59 Å². The van der Waals surface area contributed by atoms with E-state index in [-0.39, 0.29) is 30.2 Å². The number of carbonyl (C=O) groups is 2. The van der Waals surface area contributed by atoms with E-state index >= 15 is 0 Å². The van der Waals surface area contributed by atoms with E-state index in [0.717, 1.165) is 6.42 Å². The first kappa shape index (κ1) is 17.9. The number of carboxylic acids is 1. The molecule has 0 aliphatic rings. The van der Waals surface area contributed by atoms with E-state index < -0.39 is 12.0 Å². The van der Waals surface area contributed by atoms with Crippen LogP contribution in [0.3, 0.4) is 0 Å². The maximum absolute atomic E-state index is 12.0. The van der Waals surface area contributed by atoms with Crippen molar-refractivity contribution in [3.63, 3.8) is 0 Å². The summed E-state index contributed by atoms with van der Waals surface area (Å²) in [4.78, 5) is 22.9. The van der Waals surface area contributed by atoms with Crippen LogP contribution in [-0.4, -0.2) is 29.1 Å². The Labute approximate surface area is 115 Å². The monoisotopic (exact) mass is 272 g/mol. The van der Waals surface area contributed by atoms with Gasteiger partial charge in [-0.2, -0.15) is 0 Å². The second-order valence-electron chi connectivity index (χ2n) is 5.73. The zero-order valence-corrected chi connectivity index (χ0v) is 12.6. The van der Waals surface area contributed by atoms with Crippen LogP contribution in [0, 0.1) is 17.8 Å².